The lowest BCUT2D eigenvalue weighted by atomic mass is 10.1. The fraction of sp³-hybridized carbons (Fsp3) is 0.280. The molecule has 10 nitrogen and oxygen atoms in total. The molecule has 0 bridgehead atoms. The van der Waals surface area contributed by atoms with Gasteiger partial charge in [0.05, 0.1) is 39.0 Å². The topological polar surface area (TPSA) is 142 Å². The minimum atomic E-state index is -2.07. The first-order valence-corrected chi connectivity index (χ1v) is 10.8. The molecule has 1 amide bonds. The maximum atomic E-state index is 12.6. The second kappa shape index (κ2) is 12.9. The highest BCUT2D eigenvalue weighted by atomic mass is 16.5. The number of carbonyl (C=O) groups is 3. The summed E-state index contributed by atoms with van der Waals surface area (Å²) in [6, 6.07) is 15.7. The van der Waals surface area contributed by atoms with Crippen LogP contribution in [0, 0.1) is 6.92 Å². The molecule has 0 aliphatic carbocycles. The monoisotopic (exact) mass is 483 g/mol. The number of carboxylic acid groups (broad SMARTS) is 2. The lowest BCUT2D eigenvalue weighted by molar-refractivity contribution is -0.870. The van der Waals surface area contributed by atoms with Crippen molar-refractivity contribution in [1.82, 2.24) is 4.98 Å². The Balaban J connectivity index is 0.000000641. The number of carboxylic acids is 2. The average molecular weight is 484 g/mol. The summed E-state index contributed by atoms with van der Waals surface area (Å²) >= 11 is 0. The van der Waals surface area contributed by atoms with E-state index in [-0.39, 0.29) is 5.91 Å². The number of rotatable bonds is 8. The smallest absolute Gasteiger partial charge is 0.351 e. The van der Waals surface area contributed by atoms with Crippen LogP contribution in [0.4, 0.5) is 5.69 Å². The number of hydrogen-bond donors (Lipinski definition) is 3. The second-order valence-corrected chi connectivity index (χ2v) is 7.79. The first-order chi connectivity index (χ1) is 16.6. The van der Waals surface area contributed by atoms with Gasteiger partial charge in [-0.25, -0.2) is 4.79 Å². The molecular formula is C25H29N3O7. The van der Waals surface area contributed by atoms with Crippen LogP contribution in [0.2, 0.25) is 0 Å². The van der Waals surface area contributed by atoms with Gasteiger partial charge in [0, 0.05) is 17.5 Å². The van der Waals surface area contributed by atoms with Crippen LogP contribution in [0.1, 0.15) is 11.3 Å². The zero-order chi connectivity index (χ0) is 26.0. The number of nitrogens with zero attached hydrogens (tertiary/aromatic N) is 1. The van der Waals surface area contributed by atoms with Crippen LogP contribution in [-0.2, 0) is 20.8 Å². The Bertz CT molecular complexity index is 1180. The molecule has 35 heavy (non-hydrogen) atoms. The van der Waals surface area contributed by atoms with Crippen LogP contribution >= 0.6 is 0 Å². The van der Waals surface area contributed by atoms with E-state index in [0.29, 0.717) is 6.54 Å². The third-order valence-electron chi connectivity index (χ3n) is 5.04. The van der Waals surface area contributed by atoms with Crippen LogP contribution < -0.4 is 24.8 Å². The van der Waals surface area contributed by atoms with Crippen LogP contribution in [0.25, 0.3) is 10.9 Å². The van der Waals surface area contributed by atoms with Gasteiger partial charge in [-0.05, 0) is 36.8 Å². The van der Waals surface area contributed by atoms with E-state index < -0.39 is 11.9 Å². The summed E-state index contributed by atoms with van der Waals surface area (Å²) in [6.45, 7) is 3.16. The number of anilines is 1. The van der Waals surface area contributed by atoms with E-state index in [2.05, 4.69) is 10.3 Å². The Hall–Kier alpha value is -4.18. The van der Waals surface area contributed by atoms with Crippen molar-refractivity contribution in [2.45, 2.75) is 13.3 Å². The molecule has 3 rings (SSSR count). The molecule has 0 spiro atoms. The molecule has 0 saturated heterocycles. The zero-order valence-corrected chi connectivity index (χ0v) is 20.1. The van der Waals surface area contributed by atoms with Crippen LogP contribution in [0.3, 0.4) is 0 Å². The quantitative estimate of drug-likeness (QED) is 0.382. The van der Waals surface area contributed by atoms with E-state index >= 15 is 0 Å². The van der Waals surface area contributed by atoms with Gasteiger partial charge in [0.2, 0.25) is 0 Å². The van der Waals surface area contributed by atoms with Crippen LogP contribution in [0.5, 0.6) is 11.5 Å². The van der Waals surface area contributed by atoms with E-state index in [4.69, 9.17) is 29.3 Å². The number of pyridine rings is 1. The van der Waals surface area contributed by atoms with E-state index in [1.165, 1.54) is 0 Å². The molecule has 3 aromatic rings. The Morgan fingerprint density at radius 1 is 1.06 bits per heavy atom. The van der Waals surface area contributed by atoms with E-state index in [1.807, 2.05) is 62.5 Å². The van der Waals surface area contributed by atoms with Crippen molar-refractivity contribution in [3.63, 3.8) is 0 Å². The number of aromatic nitrogens is 1. The van der Waals surface area contributed by atoms with Gasteiger partial charge in [0.15, 0.2) is 24.0 Å². The zero-order valence-electron chi connectivity index (χ0n) is 20.1. The second-order valence-electron chi connectivity index (χ2n) is 7.79. The standard InChI is InChI=1S/C23H27N3O3.C2H2O4/c1-16-13-20(18-7-5-6-8-19(18)24-16)25-23(27)15-26(2)12-11-17-9-10-21(28-3)22(14-17)29-4;3-1(4)2(5)6/h5-10,13-14H,11-12,15H2,1-4H3,(H,24,25,27);(H,3,4)(H,5,6). The number of carbonyl (C=O) groups excluding carboxylic acids is 2. The number of amides is 1. The molecule has 1 atom stereocenters. The molecule has 2 aromatic carbocycles. The predicted octanol–water partition coefficient (Wildman–Crippen LogP) is 0.0772. The van der Waals surface area contributed by atoms with Gasteiger partial charge in [-0.3, -0.25) is 9.78 Å². The number of quaternary nitrogens is 1. The number of methoxy groups -OCH3 is 2. The highest BCUT2D eigenvalue weighted by molar-refractivity contribution is 6.26. The van der Waals surface area contributed by atoms with Gasteiger partial charge in [-0.15, -0.1) is 0 Å². The van der Waals surface area contributed by atoms with Crippen molar-refractivity contribution in [2.24, 2.45) is 0 Å². The molecule has 1 heterocycles. The SMILES string of the molecule is COc1ccc(CC[NH+](C)CC(=O)Nc2cc(C)nc3ccccc23)cc1OC.O=C([O-])C(=O)O. The number of benzene rings is 2. The normalized spacial score (nSPS) is 11.1. The number of nitrogens with one attached hydrogen (secondary N) is 2. The molecule has 10 heteroatoms. The highest BCUT2D eigenvalue weighted by Gasteiger charge is 2.13. The van der Waals surface area contributed by atoms with Gasteiger partial charge in [-0.1, -0.05) is 24.3 Å². The van der Waals surface area contributed by atoms with Crippen molar-refractivity contribution < 1.29 is 39.0 Å². The first-order valence-electron chi connectivity index (χ1n) is 10.8. The Morgan fingerprint density at radius 3 is 2.34 bits per heavy atom. The van der Waals surface area contributed by atoms with E-state index in [0.717, 1.165) is 57.2 Å². The van der Waals surface area contributed by atoms with Gasteiger partial charge in [-0.2, -0.15) is 0 Å². The average Bonchev–Trinajstić information content (AvgIpc) is 2.82. The number of aliphatic carboxylic acids is 2. The summed E-state index contributed by atoms with van der Waals surface area (Å²) in [6.07, 6.45) is 0.844. The van der Waals surface area contributed by atoms with Crippen molar-refractivity contribution in [3.8, 4) is 11.5 Å². The van der Waals surface area contributed by atoms with Gasteiger partial charge < -0.3 is 34.7 Å². The molecule has 0 radical (unpaired) electrons. The van der Waals surface area contributed by atoms with Crippen LogP contribution in [-0.4, -0.2) is 62.3 Å². The summed E-state index contributed by atoms with van der Waals surface area (Å²) in [5, 5.41) is 20.3. The summed E-state index contributed by atoms with van der Waals surface area (Å²) in [7, 11) is 5.28. The molecule has 1 aromatic heterocycles. The molecule has 0 fully saturated rings. The highest BCUT2D eigenvalue weighted by Crippen LogP contribution is 2.27. The maximum absolute atomic E-state index is 12.6. The van der Waals surface area contributed by atoms with Gasteiger partial charge in [0.25, 0.3) is 5.91 Å². The fourth-order valence-corrected chi connectivity index (χ4v) is 3.36. The predicted molar refractivity (Wildman–Crippen MR) is 128 cm³/mol. The summed E-state index contributed by atoms with van der Waals surface area (Å²) in [5.74, 6) is -2.58. The number of likely N-dealkylation sites (N-methyl/N-ethyl adjacent to an activating group) is 1. The van der Waals surface area contributed by atoms with Crippen LogP contribution in [0.15, 0.2) is 48.5 Å². The Labute approximate surface area is 203 Å². The molecule has 0 aliphatic heterocycles. The fourth-order valence-electron chi connectivity index (χ4n) is 3.36. The van der Waals surface area contributed by atoms with Gasteiger partial charge in [0.1, 0.15) is 0 Å². The first kappa shape index (κ1) is 27.1. The number of para-hydroxylation sites is 1. The minimum absolute atomic E-state index is 0.00874. The van der Waals surface area contributed by atoms with E-state index in [1.54, 1.807) is 14.2 Å². The molecule has 1 unspecified atom stereocenters. The van der Waals surface area contributed by atoms with E-state index in [9.17, 15) is 4.79 Å². The van der Waals surface area contributed by atoms with Crippen molar-refractivity contribution in [3.05, 3.63) is 59.8 Å². The number of aryl methyl sites for hydroxylation is 1. The number of fused-ring (bicyclic) bond motifs is 1. The van der Waals surface area contributed by atoms with Crippen molar-refractivity contribution in [1.29, 1.82) is 0 Å². The lowest BCUT2D eigenvalue weighted by Gasteiger charge is -2.15. The molecular weight excluding hydrogens is 454 g/mol. The van der Waals surface area contributed by atoms with Gasteiger partial charge >= 0.3 is 5.97 Å². The summed E-state index contributed by atoms with van der Waals surface area (Å²) < 4.78 is 10.6. The maximum Gasteiger partial charge on any atom is 0.351 e. The Kier molecular flexibility index (Phi) is 9.98. The minimum Gasteiger partial charge on any atom is -0.539 e. The molecule has 0 aliphatic rings. The third-order valence-corrected chi connectivity index (χ3v) is 5.04. The number of ether oxygens (including phenoxy) is 2. The summed E-state index contributed by atoms with van der Waals surface area (Å²) in [5.41, 5.74) is 3.73. The van der Waals surface area contributed by atoms with Crippen molar-refractivity contribution >= 4 is 34.4 Å². The van der Waals surface area contributed by atoms with Crippen molar-refractivity contribution in [2.75, 3.05) is 39.7 Å². The third kappa shape index (κ3) is 8.27. The summed E-state index contributed by atoms with van der Waals surface area (Å²) in [4.78, 5) is 36.3. The lowest BCUT2D eigenvalue weighted by Crippen LogP contribution is -3.10. The molecule has 0 saturated carbocycles. The molecule has 186 valence electrons. The number of hydrogen-bond acceptors (Lipinski definition) is 7. The largest absolute Gasteiger partial charge is 0.539 e. The molecule has 3 N–H and O–H groups in total. The Morgan fingerprint density at radius 2 is 1.71 bits per heavy atom.